The minimum atomic E-state index is -2.36. The van der Waals surface area contributed by atoms with Crippen LogP contribution in [0.4, 0.5) is 8.78 Å². The fourth-order valence-corrected chi connectivity index (χ4v) is 2.55. The van der Waals surface area contributed by atoms with Gasteiger partial charge in [-0.05, 0) is 12.8 Å². The Balaban J connectivity index is 1.75. The molecular formula is C12H15F2N5O. The average Bonchev–Trinajstić information content (AvgIpc) is 2.94. The predicted octanol–water partition coefficient (Wildman–Crippen LogP) is 1.87. The highest BCUT2D eigenvalue weighted by molar-refractivity contribution is 5.12. The molecule has 3 rings (SSSR count). The van der Waals surface area contributed by atoms with Crippen molar-refractivity contribution < 1.29 is 13.3 Å². The zero-order valence-corrected chi connectivity index (χ0v) is 11.1. The summed E-state index contributed by atoms with van der Waals surface area (Å²) in [5.41, 5.74) is -0.628. The van der Waals surface area contributed by atoms with Crippen molar-refractivity contribution in [2.45, 2.75) is 43.9 Å². The van der Waals surface area contributed by atoms with E-state index in [-0.39, 0.29) is 6.42 Å². The van der Waals surface area contributed by atoms with Crippen LogP contribution in [0, 0.1) is 0 Å². The van der Waals surface area contributed by atoms with Gasteiger partial charge in [-0.1, -0.05) is 11.6 Å². The summed E-state index contributed by atoms with van der Waals surface area (Å²) in [7, 11) is 1.77. The van der Waals surface area contributed by atoms with Gasteiger partial charge in [0.15, 0.2) is 11.6 Å². The topological polar surface area (TPSA) is 69.6 Å². The van der Waals surface area contributed by atoms with E-state index in [1.807, 2.05) is 0 Å². The first-order valence-electron chi connectivity index (χ1n) is 6.53. The number of rotatable bonds is 5. The van der Waals surface area contributed by atoms with E-state index in [0.717, 1.165) is 6.42 Å². The van der Waals surface area contributed by atoms with Gasteiger partial charge in [-0.15, -0.1) is 0 Å². The average molecular weight is 283 g/mol. The van der Waals surface area contributed by atoms with Crippen LogP contribution in [0.2, 0.25) is 0 Å². The lowest BCUT2D eigenvalue weighted by Gasteiger charge is -2.38. The SMILES string of the molecule is Cn1cnc(Cc2noc(C3(CC(F)F)CCC3)n2)n1. The second kappa shape index (κ2) is 4.92. The third-order valence-electron chi connectivity index (χ3n) is 3.74. The van der Waals surface area contributed by atoms with Gasteiger partial charge in [0.25, 0.3) is 0 Å². The minimum Gasteiger partial charge on any atom is -0.339 e. The molecule has 0 radical (unpaired) electrons. The number of halogens is 2. The Morgan fingerprint density at radius 3 is 2.75 bits per heavy atom. The summed E-state index contributed by atoms with van der Waals surface area (Å²) in [6.45, 7) is 0. The summed E-state index contributed by atoms with van der Waals surface area (Å²) in [5.74, 6) is 1.35. The lowest BCUT2D eigenvalue weighted by molar-refractivity contribution is 0.0534. The molecule has 0 aliphatic heterocycles. The van der Waals surface area contributed by atoms with Gasteiger partial charge >= 0.3 is 0 Å². The van der Waals surface area contributed by atoms with Gasteiger partial charge < -0.3 is 4.52 Å². The van der Waals surface area contributed by atoms with E-state index in [9.17, 15) is 8.78 Å². The highest BCUT2D eigenvalue weighted by Crippen LogP contribution is 2.47. The third-order valence-corrected chi connectivity index (χ3v) is 3.74. The van der Waals surface area contributed by atoms with Crippen molar-refractivity contribution in [3.05, 3.63) is 23.9 Å². The number of alkyl halides is 2. The number of aryl methyl sites for hydroxylation is 1. The van der Waals surface area contributed by atoms with Crippen LogP contribution in [-0.4, -0.2) is 31.3 Å². The van der Waals surface area contributed by atoms with Gasteiger partial charge in [-0.2, -0.15) is 10.1 Å². The second-order valence-electron chi connectivity index (χ2n) is 5.26. The van der Waals surface area contributed by atoms with Crippen LogP contribution in [0.15, 0.2) is 10.9 Å². The van der Waals surface area contributed by atoms with Crippen molar-refractivity contribution in [2.75, 3.05) is 0 Å². The van der Waals surface area contributed by atoms with Crippen LogP contribution in [0.25, 0.3) is 0 Å². The summed E-state index contributed by atoms with van der Waals surface area (Å²) in [4.78, 5) is 8.34. The zero-order chi connectivity index (χ0) is 14.2. The van der Waals surface area contributed by atoms with Gasteiger partial charge in [-0.3, -0.25) is 4.68 Å². The van der Waals surface area contributed by atoms with Gasteiger partial charge in [0.2, 0.25) is 12.3 Å². The molecule has 2 heterocycles. The molecule has 1 aliphatic carbocycles. The smallest absolute Gasteiger partial charge is 0.239 e. The molecule has 1 saturated carbocycles. The maximum Gasteiger partial charge on any atom is 0.239 e. The summed E-state index contributed by atoms with van der Waals surface area (Å²) >= 11 is 0. The van der Waals surface area contributed by atoms with Crippen LogP contribution >= 0.6 is 0 Å². The van der Waals surface area contributed by atoms with Crippen molar-refractivity contribution in [1.82, 2.24) is 24.9 Å². The predicted molar refractivity (Wildman–Crippen MR) is 64.3 cm³/mol. The van der Waals surface area contributed by atoms with Crippen molar-refractivity contribution >= 4 is 0 Å². The van der Waals surface area contributed by atoms with Crippen LogP contribution in [0.1, 0.15) is 43.2 Å². The molecule has 0 spiro atoms. The highest BCUT2D eigenvalue weighted by Gasteiger charge is 2.45. The van der Waals surface area contributed by atoms with E-state index >= 15 is 0 Å². The molecular weight excluding hydrogens is 268 g/mol. The third kappa shape index (κ3) is 2.41. The van der Waals surface area contributed by atoms with Crippen LogP contribution in [-0.2, 0) is 18.9 Å². The van der Waals surface area contributed by atoms with Crippen LogP contribution in [0.5, 0.6) is 0 Å². The molecule has 0 N–H and O–H groups in total. The number of hydrogen-bond donors (Lipinski definition) is 0. The lowest BCUT2D eigenvalue weighted by atomic mass is 9.66. The van der Waals surface area contributed by atoms with Crippen molar-refractivity contribution in [2.24, 2.45) is 7.05 Å². The van der Waals surface area contributed by atoms with Gasteiger partial charge in [-0.25, -0.2) is 13.8 Å². The number of aromatic nitrogens is 5. The van der Waals surface area contributed by atoms with E-state index in [1.54, 1.807) is 18.1 Å². The molecule has 0 saturated heterocycles. The van der Waals surface area contributed by atoms with E-state index in [1.165, 1.54) is 0 Å². The number of hydrogen-bond acceptors (Lipinski definition) is 5. The van der Waals surface area contributed by atoms with E-state index in [0.29, 0.717) is 36.8 Å². The normalized spacial score (nSPS) is 17.4. The fourth-order valence-electron chi connectivity index (χ4n) is 2.55. The monoisotopic (exact) mass is 283 g/mol. The molecule has 2 aromatic rings. The first kappa shape index (κ1) is 13.1. The van der Waals surface area contributed by atoms with Gasteiger partial charge in [0.05, 0.1) is 11.8 Å². The molecule has 1 fully saturated rings. The number of nitrogens with zero attached hydrogens (tertiary/aromatic N) is 5. The molecule has 0 unspecified atom stereocenters. The summed E-state index contributed by atoms with van der Waals surface area (Å²) in [6.07, 6.45) is 1.64. The van der Waals surface area contributed by atoms with E-state index < -0.39 is 11.8 Å². The molecule has 0 atom stereocenters. The Morgan fingerprint density at radius 2 is 2.20 bits per heavy atom. The fraction of sp³-hybridized carbons (Fsp3) is 0.667. The standard InChI is InChI=1S/C12H15F2N5O/c1-19-7-15-9(17-19)5-10-16-11(20-18-10)12(3-2-4-12)6-8(13)14/h7-8H,2-6H2,1H3. The molecule has 8 heteroatoms. The molecule has 20 heavy (non-hydrogen) atoms. The quantitative estimate of drug-likeness (QED) is 0.837. The van der Waals surface area contributed by atoms with Gasteiger partial charge in [0, 0.05) is 13.5 Å². The van der Waals surface area contributed by atoms with Crippen molar-refractivity contribution in [3.8, 4) is 0 Å². The van der Waals surface area contributed by atoms with E-state index in [2.05, 4.69) is 20.2 Å². The van der Waals surface area contributed by atoms with Crippen molar-refractivity contribution in [1.29, 1.82) is 0 Å². The Hall–Kier alpha value is -1.86. The molecule has 6 nitrogen and oxygen atoms in total. The van der Waals surface area contributed by atoms with Crippen LogP contribution < -0.4 is 0 Å². The first-order valence-corrected chi connectivity index (χ1v) is 6.53. The highest BCUT2D eigenvalue weighted by atomic mass is 19.3. The summed E-state index contributed by atoms with van der Waals surface area (Å²) in [6, 6.07) is 0. The Labute approximate surface area is 114 Å². The Kier molecular flexibility index (Phi) is 3.23. The lowest BCUT2D eigenvalue weighted by Crippen LogP contribution is -2.36. The molecule has 1 aliphatic rings. The maximum atomic E-state index is 12.7. The molecule has 108 valence electrons. The Bertz CT molecular complexity index is 590. The zero-order valence-electron chi connectivity index (χ0n) is 11.1. The summed E-state index contributed by atoms with van der Waals surface area (Å²) in [5, 5.41) is 7.98. The molecule has 0 amide bonds. The second-order valence-corrected chi connectivity index (χ2v) is 5.26. The molecule has 0 bridgehead atoms. The first-order chi connectivity index (χ1) is 9.57. The minimum absolute atomic E-state index is 0.212. The van der Waals surface area contributed by atoms with Crippen molar-refractivity contribution in [3.63, 3.8) is 0 Å². The largest absolute Gasteiger partial charge is 0.339 e. The maximum absolute atomic E-state index is 12.7. The van der Waals surface area contributed by atoms with Crippen LogP contribution in [0.3, 0.4) is 0 Å². The molecule has 2 aromatic heterocycles. The van der Waals surface area contributed by atoms with Gasteiger partial charge in [0.1, 0.15) is 6.33 Å². The molecule has 0 aromatic carbocycles. The Morgan fingerprint density at radius 1 is 1.40 bits per heavy atom. The summed E-state index contributed by atoms with van der Waals surface area (Å²) < 4.78 is 32.1. The van der Waals surface area contributed by atoms with E-state index in [4.69, 9.17) is 4.52 Å².